The minimum atomic E-state index is -0.143. The van der Waals surface area contributed by atoms with E-state index in [1.54, 1.807) is 6.20 Å². The van der Waals surface area contributed by atoms with Crippen molar-refractivity contribution in [2.75, 3.05) is 33.2 Å². The number of rotatable bonds is 2. The molecule has 2 aromatic carbocycles. The fourth-order valence-corrected chi connectivity index (χ4v) is 5.41. The van der Waals surface area contributed by atoms with Crippen molar-refractivity contribution in [1.29, 1.82) is 0 Å². The predicted octanol–water partition coefficient (Wildman–Crippen LogP) is 3.60. The number of hydrogen-bond acceptors (Lipinski definition) is 4. The summed E-state index contributed by atoms with van der Waals surface area (Å²) < 4.78 is 0. The third-order valence-electron chi connectivity index (χ3n) is 7.28. The van der Waals surface area contributed by atoms with E-state index in [2.05, 4.69) is 21.9 Å². The van der Waals surface area contributed by atoms with E-state index in [1.165, 1.54) is 12.8 Å². The highest BCUT2D eigenvalue weighted by Crippen LogP contribution is 2.37. The van der Waals surface area contributed by atoms with Crippen LogP contribution in [0, 0.1) is 0 Å². The van der Waals surface area contributed by atoms with Gasteiger partial charge in [0.25, 0.3) is 11.5 Å². The molecule has 2 N–H and O–H groups in total. The van der Waals surface area contributed by atoms with Gasteiger partial charge >= 0.3 is 0 Å². The maximum Gasteiger partial charge on any atom is 0.256 e. The number of pyridine rings is 1. The SMILES string of the molecule is CN1CCN(C(=O)c2ccc3c(c2)c2c(=O)[nH]ccc2c2[nH]c(C4CCCC4)nc32)CC1. The van der Waals surface area contributed by atoms with E-state index in [4.69, 9.17) is 4.98 Å². The average molecular weight is 430 g/mol. The molecule has 164 valence electrons. The highest BCUT2D eigenvalue weighted by Gasteiger charge is 2.24. The Morgan fingerprint density at radius 3 is 2.59 bits per heavy atom. The number of hydrogen-bond donors (Lipinski definition) is 2. The van der Waals surface area contributed by atoms with Crippen molar-refractivity contribution in [2.45, 2.75) is 31.6 Å². The van der Waals surface area contributed by atoms with E-state index in [0.29, 0.717) is 16.9 Å². The quantitative estimate of drug-likeness (QED) is 0.477. The fourth-order valence-electron chi connectivity index (χ4n) is 5.41. The molecular weight excluding hydrogens is 402 g/mol. The Kier molecular flexibility index (Phi) is 4.54. The topological polar surface area (TPSA) is 85.1 Å². The maximum atomic E-state index is 13.2. The monoisotopic (exact) mass is 429 g/mol. The summed E-state index contributed by atoms with van der Waals surface area (Å²) in [5, 5.41) is 3.18. The molecule has 1 saturated heterocycles. The van der Waals surface area contributed by atoms with Gasteiger partial charge in [-0.15, -0.1) is 0 Å². The third-order valence-corrected chi connectivity index (χ3v) is 7.28. The minimum absolute atomic E-state index is 0.0225. The number of aromatic amines is 2. The lowest BCUT2D eigenvalue weighted by Crippen LogP contribution is -2.47. The first-order valence-corrected chi connectivity index (χ1v) is 11.5. The molecule has 1 aliphatic carbocycles. The Labute approximate surface area is 185 Å². The number of likely N-dealkylation sites (N-methyl/N-ethyl adjacent to an activating group) is 1. The number of nitrogens with zero attached hydrogens (tertiary/aromatic N) is 3. The first-order valence-electron chi connectivity index (χ1n) is 11.5. The highest BCUT2D eigenvalue weighted by atomic mass is 16.2. The van der Waals surface area contributed by atoms with Gasteiger partial charge in [0.2, 0.25) is 0 Å². The summed E-state index contributed by atoms with van der Waals surface area (Å²) in [6.45, 7) is 3.19. The first kappa shape index (κ1) is 19.5. The molecule has 7 nitrogen and oxygen atoms in total. The molecule has 6 rings (SSSR count). The zero-order valence-corrected chi connectivity index (χ0v) is 18.3. The number of H-pyrrole nitrogens is 2. The largest absolute Gasteiger partial charge is 0.341 e. The van der Waals surface area contributed by atoms with Crippen molar-refractivity contribution in [2.24, 2.45) is 0 Å². The Hall–Kier alpha value is -3.19. The van der Waals surface area contributed by atoms with Crippen molar-refractivity contribution in [1.82, 2.24) is 24.8 Å². The first-order chi connectivity index (χ1) is 15.6. The number of amides is 1. The van der Waals surface area contributed by atoms with Crippen LogP contribution in [0.15, 0.2) is 35.3 Å². The van der Waals surface area contributed by atoms with Crippen molar-refractivity contribution in [3.63, 3.8) is 0 Å². The van der Waals surface area contributed by atoms with Crippen LogP contribution in [0.2, 0.25) is 0 Å². The van der Waals surface area contributed by atoms with E-state index in [1.807, 2.05) is 29.2 Å². The molecule has 3 heterocycles. The minimum Gasteiger partial charge on any atom is -0.341 e. The van der Waals surface area contributed by atoms with Crippen LogP contribution in [0.25, 0.3) is 32.6 Å². The zero-order valence-electron chi connectivity index (χ0n) is 18.3. The van der Waals surface area contributed by atoms with Gasteiger partial charge < -0.3 is 19.8 Å². The lowest BCUT2D eigenvalue weighted by molar-refractivity contribution is 0.0664. The standard InChI is InChI=1S/C25H27N5O2/c1-29-10-12-30(13-11-29)25(32)16-6-7-17-19(14-16)20-18(8-9-26-24(20)31)22-21(17)27-23(28-22)15-4-2-3-5-15/h6-9,14-15H,2-5,10-13H2,1H3,(H,26,31)(H,27,28). The van der Waals surface area contributed by atoms with Gasteiger partial charge in [-0.2, -0.15) is 0 Å². The summed E-state index contributed by atoms with van der Waals surface area (Å²) in [4.78, 5) is 41.6. The lowest BCUT2D eigenvalue weighted by Gasteiger charge is -2.32. The number of imidazole rings is 1. The molecule has 2 aromatic heterocycles. The Bertz CT molecular complexity index is 1400. The summed E-state index contributed by atoms with van der Waals surface area (Å²) in [6, 6.07) is 7.67. The highest BCUT2D eigenvalue weighted by molar-refractivity contribution is 6.23. The molecular formula is C25H27N5O2. The molecule has 32 heavy (non-hydrogen) atoms. The van der Waals surface area contributed by atoms with Gasteiger partial charge in [0.15, 0.2) is 0 Å². The van der Waals surface area contributed by atoms with Crippen LogP contribution >= 0.6 is 0 Å². The van der Waals surface area contributed by atoms with Crippen LogP contribution in [0.1, 0.15) is 47.8 Å². The van der Waals surface area contributed by atoms with Crippen LogP contribution < -0.4 is 5.56 Å². The molecule has 1 amide bonds. The van der Waals surface area contributed by atoms with Crippen LogP contribution in [-0.2, 0) is 0 Å². The van der Waals surface area contributed by atoms with Crippen LogP contribution in [-0.4, -0.2) is 63.9 Å². The second-order valence-electron chi connectivity index (χ2n) is 9.28. The molecule has 4 aromatic rings. The Morgan fingerprint density at radius 2 is 1.81 bits per heavy atom. The Morgan fingerprint density at radius 1 is 1.03 bits per heavy atom. The van der Waals surface area contributed by atoms with Crippen molar-refractivity contribution >= 4 is 38.5 Å². The third kappa shape index (κ3) is 3.03. The molecule has 7 heteroatoms. The van der Waals surface area contributed by atoms with Crippen molar-refractivity contribution in [3.8, 4) is 0 Å². The van der Waals surface area contributed by atoms with Gasteiger partial charge in [0.05, 0.1) is 16.4 Å². The number of nitrogens with one attached hydrogen (secondary N) is 2. The van der Waals surface area contributed by atoms with Crippen LogP contribution in [0.5, 0.6) is 0 Å². The van der Waals surface area contributed by atoms with E-state index >= 15 is 0 Å². The number of carbonyl (C=O) groups is 1. The zero-order chi connectivity index (χ0) is 21.8. The van der Waals surface area contributed by atoms with E-state index < -0.39 is 0 Å². The summed E-state index contributed by atoms with van der Waals surface area (Å²) in [5.41, 5.74) is 2.28. The molecule has 0 bridgehead atoms. The number of carbonyl (C=O) groups excluding carboxylic acids is 1. The van der Waals surface area contributed by atoms with Crippen molar-refractivity contribution in [3.05, 3.63) is 52.2 Å². The second-order valence-corrected chi connectivity index (χ2v) is 9.28. The summed E-state index contributed by atoms with van der Waals surface area (Å²) in [6.07, 6.45) is 6.46. The van der Waals surface area contributed by atoms with E-state index in [9.17, 15) is 9.59 Å². The second kappa shape index (κ2) is 7.45. The molecule has 1 aliphatic heterocycles. The maximum absolute atomic E-state index is 13.2. The van der Waals surface area contributed by atoms with Gasteiger partial charge in [-0.05, 0) is 43.5 Å². The summed E-state index contributed by atoms with van der Waals surface area (Å²) >= 11 is 0. The molecule has 0 radical (unpaired) electrons. The molecule has 2 fully saturated rings. The van der Waals surface area contributed by atoms with Gasteiger partial charge in [0, 0.05) is 54.6 Å². The van der Waals surface area contributed by atoms with Gasteiger partial charge in [0.1, 0.15) is 5.82 Å². The molecule has 0 unspecified atom stereocenters. The number of aromatic nitrogens is 3. The molecule has 1 saturated carbocycles. The van der Waals surface area contributed by atoms with Crippen LogP contribution in [0.4, 0.5) is 0 Å². The predicted molar refractivity (Wildman–Crippen MR) is 126 cm³/mol. The van der Waals surface area contributed by atoms with E-state index in [-0.39, 0.29) is 11.5 Å². The van der Waals surface area contributed by atoms with Crippen molar-refractivity contribution < 1.29 is 4.79 Å². The summed E-state index contributed by atoms with van der Waals surface area (Å²) in [5.74, 6) is 1.49. The smallest absolute Gasteiger partial charge is 0.256 e. The lowest BCUT2D eigenvalue weighted by atomic mass is 9.99. The Balaban J connectivity index is 1.55. The number of benzene rings is 2. The number of piperazine rings is 1. The van der Waals surface area contributed by atoms with Gasteiger partial charge in [-0.1, -0.05) is 18.9 Å². The normalized spacial score (nSPS) is 18.3. The summed E-state index contributed by atoms with van der Waals surface area (Å²) in [7, 11) is 2.07. The molecule has 0 atom stereocenters. The molecule has 0 spiro atoms. The number of fused-ring (bicyclic) bond motifs is 6. The average Bonchev–Trinajstić information content (AvgIpc) is 3.49. The van der Waals surface area contributed by atoms with E-state index in [0.717, 1.165) is 72.0 Å². The van der Waals surface area contributed by atoms with Gasteiger partial charge in [-0.3, -0.25) is 9.59 Å². The van der Waals surface area contributed by atoms with Crippen LogP contribution in [0.3, 0.4) is 0 Å². The molecule has 2 aliphatic rings. The fraction of sp³-hybridized carbons (Fsp3) is 0.400. The van der Waals surface area contributed by atoms with Gasteiger partial charge in [-0.25, -0.2) is 4.98 Å².